The molecule has 0 radical (unpaired) electrons. The van der Waals surface area contributed by atoms with Crippen LogP contribution >= 0.6 is 0 Å². The van der Waals surface area contributed by atoms with Crippen LogP contribution in [0.15, 0.2) is 24.3 Å². The molecule has 0 amide bonds. The highest BCUT2D eigenvalue weighted by Gasteiger charge is 2.27. The van der Waals surface area contributed by atoms with Crippen molar-refractivity contribution in [3.8, 4) is 0 Å². The van der Waals surface area contributed by atoms with Crippen molar-refractivity contribution in [3.63, 3.8) is 0 Å². The van der Waals surface area contributed by atoms with Crippen LogP contribution < -0.4 is 10.2 Å². The van der Waals surface area contributed by atoms with Crippen LogP contribution in [0.3, 0.4) is 0 Å². The molecule has 0 aromatic heterocycles. The molecule has 20 heavy (non-hydrogen) atoms. The highest BCUT2D eigenvalue weighted by molar-refractivity contribution is 7.89. The Balaban J connectivity index is 1.98. The Bertz CT molecular complexity index is 542. The van der Waals surface area contributed by atoms with Gasteiger partial charge in [0.25, 0.3) is 0 Å². The van der Waals surface area contributed by atoms with E-state index in [9.17, 15) is 12.8 Å². The van der Waals surface area contributed by atoms with Crippen molar-refractivity contribution in [3.05, 3.63) is 30.1 Å². The van der Waals surface area contributed by atoms with Crippen LogP contribution in [0.5, 0.6) is 0 Å². The molecular formula is C13H20FN3O2S. The van der Waals surface area contributed by atoms with E-state index in [1.165, 1.54) is 10.4 Å². The number of para-hydroxylation sites is 1. The van der Waals surface area contributed by atoms with E-state index >= 15 is 0 Å². The number of nitrogens with zero attached hydrogens (tertiary/aromatic N) is 2. The Morgan fingerprint density at radius 2 is 1.85 bits per heavy atom. The van der Waals surface area contributed by atoms with Crippen LogP contribution in [0.4, 0.5) is 10.1 Å². The molecule has 1 N–H and O–H groups in total. The van der Waals surface area contributed by atoms with Gasteiger partial charge in [0.1, 0.15) is 5.82 Å². The summed E-state index contributed by atoms with van der Waals surface area (Å²) in [5.74, 6) is -0.164. The number of piperazine rings is 1. The molecule has 1 aromatic carbocycles. The van der Waals surface area contributed by atoms with Gasteiger partial charge >= 0.3 is 0 Å². The van der Waals surface area contributed by atoms with E-state index in [4.69, 9.17) is 0 Å². The molecule has 1 heterocycles. The van der Waals surface area contributed by atoms with Crippen molar-refractivity contribution in [2.75, 3.05) is 50.4 Å². The third-order valence-corrected chi connectivity index (χ3v) is 5.31. The third kappa shape index (κ3) is 3.47. The molecule has 112 valence electrons. The maximum Gasteiger partial charge on any atom is 0.215 e. The van der Waals surface area contributed by atoms with Crippen LogP contribution in [-0.2, 0) is 10.0 Å². The average Bonchev–Trinajstić information content (AvgIpc) is 2.46. The SMILES string of the molecule is CNCCS(=O)(=O)N1CCN(c2ccccc2F)CC1. The van der Waals surface area contributed by atoms with E-state index in [1.54, 1.807) is 25.2 Å². The molecule has 1 fully saturated rings. The van der Waals surface area contributed by atoms with Crippen molar-refractivity contribution in [1.82, 2.24) is 9.62 Å². The first-order chi connectivity index (χ1) is 9.54. The summed E-state index contributed by atoms with van der Waals surface area (Å²) in [5, 5.41) is 2.84. The van der Waals surface area contributed by atoms with Crippen molar-refractivity contribution in [1.29, 1.82) is 0 Å². The van der Waals surface area contributed by atoms with Gasteiger partial charge in [0.15, 0.2) is 0 Å². The van der Waals surface area contributed by atoms with Gasteiger partial charge in [0.05, 0.1) is 11.4 Å². The van der Waals surface area contributed by atoms with E-state index in [0.29, 0.717) is 38.4 Å². The van der Waals surface area contributed by atoms with E-state index in [1.807, 2.05) is 4.90 Å². The smallest absolute Gasteiger partial charge is 0.215 e. The minimum atomic E-state index is -3.21. The molecule has 1 saturated heterocycles. The molecule has 0 aliphatic carbocycles. The molecule has 0 spiro atoms. The number of hydrogen-bond acceptors (Lipinski definition) is 4. The van der Waals surface area contributed by atoms with Crippen molar-refractivity contribution < 1.29 is 12.8 Å². The second kappa shape index (κ2) is 6.51. The quantitative estimate of drug-likeness (QED) is 0.860. The zero-order valence-electron chi connectivity index (χ0n) is 11.5. The molecule has 1 aliphatic heterocycles. The lowest BCUT2D eigenvalue weighted by Gasteiger charge is -2.35. The Morgan fingerprint density at radius 3 is 2.45 bits per heavy atom. The Labute approximate surface area is 119 Å². The largest absolute Gasteiger partial charge is 0.367 e. The number of anilines is 1. The fourth-order valence-electron chi connectivity index (χ4n) is 2.28. The van der Waals surface area contributed by atoms with Gasteiger partial charge in [-0.3, -0.25) is 0 Å². The predicted molar refractivity (Wildman–Crippen MR) is 77.9 cm³/mol. The molecule has 1 aromatic rings. The molecular weight excluding hydrogens is 281 g/mol. The van der Waals surface area contributed by atoms with Gasteiger partial charge in [0, 0.05) is 32.7 Å². The number of sulfonamides is 1. The number of rotatable bonds is 5. The van der Waals surface area contributed by atoms with Crippen LogP contribution in [0.1, 0.15) is 0 Å². The predicted octanol–water partition coefficient (Wildman–Crippen LogP) is 0.497. The van der Waals surface area contributed by atoms with Gasteiger partial charge in [0.2, 0.25) is 10.0 Å². The molecule has 0 unspecified atom stereocenters. The number of nitrogens with one attached hydrogen (secondary N) is 1. The lowest BCUT2D eigenvalue weighted by Crippen LogP contribution is -2.50. The summed E-state index contributed by atoms with van der Waals surface area (Å²) in [6.45, 7) is 2.27. The average molecular weight is 301 g/mol. The Hall–Kier alpha value is -1.18. The Kier molecular flexibility index (Phi) is 4.95. The van der Waals surface area contributed by atoms with E-state index in [0.717, 1.165) is 0 Å². The molecule has 0 bridgehead atoms. The summed E-state index contributed by atoms with van der Waals surface area (Å²) in [6, 6.07) is 6.58. The summed E-state index contributed by atoms with van der Waals surface area (Å²) in [7, 11) is -1.48. The first-order valence-corrected chi connectivity index (χ1v) is 8.27. The molecule has 2 rings (SSSR count). The Morgan fingerprint density at radius 1 is 1.20 bits per heavy atom. The highest BCUT2D eigenvalue weighted by atomic mass is 32.2. The summed E-state index contributed by atoms with van der Waals surface area (Å²) >= 11 is 0. The zero-order valence-corrected chi connectivity index (χ0v) is 12.4. The van der Waals surface area contributed by atoms with Crippen molar-refractivity contribution >= 4 is 15.7 Å². The van der Waals surface area contributed by atoms with E-state index in [2.05, 4.69) is 5.32 Å². The van der Waals surface area contributed by atoms with Crippen molar-refractivity contribution in [2.24, 2.45) is 0 Å². The lowest BCUT2D eigenvalue weighted by molar-refractivity contribution is 0.383. The zero-order chi connectivity index (χ0) is 14.6. The van der Waals surface area contributed by atoms with Gasteiger partial charge in [-0.25, -0.2) is 12.8 Å². The maximum atomic E-state index is 13.7. The van der Waals surface area contributed by atoms with Gasteiger partial charge in [-0.2, -0.15) is 4.31 Å². The number of halogens is 1. The van der Waals surface area contributed by atoms with Crippen LogP contribution in [-0.4, -0.2) is 58.2 Å². The summed E-state index contributed by atoms with van der Waals surface area (Å²) in [4.78, 5) is 1.89. The third-order valence-electron chi connectivity index (χ3n) is 3.44. The molecule has 0 atom stereocenters. The van der Waals surface area contributed by atoms with Crippen LogP contribution in [0.2, 0.25) is 0 Å². The van der Waals surface area contributed by atoms with Crippen LogP contribution in [0.25, 0.3) is 0 Å². The minimum absolute atomic E-state index is 0.100. The minimum Gasteiger partial charge on any atom is -0.367 e. The van der Waals surface area contributed by atoms with Gasteiger partial charge in [-0.05, 0) is 19.2 Å². The second-order valence-corrected chi connectivity index (χ2v) is 6.85. The second-order valence-electron chi connectivity index (χ2n) is 4.76. The normalized spacial score (nSPS) is 17.4. The summed E-state index contributed by atoms with van der Waals surface area (Å²) in [6.07, 6.45) is 0. The topological polar surface area (TPSA) is 52.7 Å². The van der Waals surface area contributed by atoms with Gasteiger partial charge < -0.3 is 10.2 Å². The van der Waals surface area contributed by atoms with Crippen LogP contribution in [0, 0.1) is 5.82 Å². The fraction of sp³-hybridized carbons (Fsp3) is 0.538. The number of benzene rings is 1. The lowest BCUT2D eigenvalue weighted by atomic mass is 10.2. The number of hydrogen-bond donors (Lipinski definition) is 1. The summed E-state index contributed by atoms with van der Waals surface area (Å²) in [5.41, 5.74) is 0.541. The monoisotopic (exact) mass is 301 g/mol. The molecule has 7 heteroatoms. The van der Waals surface area contributed by atoms with E-state index < -0.39 is 10.0 Å². The molecule has 0 saturated carbocycles. The fourth-order valence-corrected chi connectivity index (χ4v) is 3.72. The van der Waals surface area contributed by atoms with E-state index in [-0.39, 0.29) is 11.6 Å². The van der Waals surface area contributed by atoms with Crippen molar-refractivity contribution in [2.45, 2.75) is 0 Å². The van der Waals surface area contributed by atoms with Gasteiger partial charge in [-0.1, -0.05) is 12.1 Å². The molecule has 5 nitrogen and oxygen atoms in total. The standard InChI is InChI=1S/C13H20FN3O2S/c1-15-6-11-20(18,19)17-9-7-16(8-10-17)13-5-3-2-4-12(13)14/h2-5,15H,6-11H2,1H3. The maximum absolute atomic E-state index is 13.7. The van der Waals surface area contributed by atoms with Gasteiger partial charge in [-0.15, -0.1) is 0 Å². The molecule has 1 aliphatic rings. The first-order valence-electron chi connectivity index (χ1n) is 6.66. The highest BCUT2D eigenvalue weighted by Crippen LogP contribution is 2.20. The summed E-state index contributed by atoms with van der Waals surface area (Å²) < 4.78 is 39.3. The first kappa shape index (κ1) is 15.2.